The van der Waals surface area contributed by atoms with Gasteiger partial charge in [-0.1, -0.05) is 185 Å². The van der Waals surface area contributed by atoms with Crippen LogP contribution in [0.3, 0.4) is 0 Å². The van der Waals surface area contributed by atoms with Crippen LogP contribution >= 0.6 is 7.82 Å². The molecule has 3 atom stereocenters. The van der Waals surface area contributed by atoms with Crippen LogP contribution in [-0.2, 0) is 32.7 Å². The minimum atomic E-state index is -4.62. The fraction of sp³-hybridized carbons (Fsp3) is 0.833. The first kappa shape index (κ1) is 57.2. The maximum Gasteiger partial charge on any atom is 0.472 e. The van der Waals surface area contributed by atoms with Gasteiger partial charge in [-0.25, -0.2) is 4.57 Å². The lowest BCUT2D eigenvalue weighted by Crippen LogP contribution is -2.34. The molecule has 0 rings (SSSR count). The Kier molecular flexibility index (Phi) is 42.9. The lowest BCUT2D eigenvalue weighted by atomic mass is 10.0. The maximum absolute atomic E-state index is 12.7. The summed E-state index contributed by atoms with van der Waals surface area (Å²) in [5.74, 6) is -1.78. The fourth-order valence-corrected chi connectivity index (χ4v) is 7.42. The Morgan fingerprint density at radius 2 is 0.966 bits per heavy atom. The van der Waals surface area contributed by atoms with Crippen molar-refractivity contribution in [2.24, 2.45) is 5.73 Å². The average Bonchev–Trinajstić information content (AvgIpc) is 3.21. The van der Waals surface area contributed by atoms with Gasteiger partial charge >= 0.3 is 19.8 Å². The molecule has 0 radical (unpaired) electrons. The van der Waals surface area contributed by atoms with Crippen LogP contribution in [0.5, 0.6) is 0 Å². The number of unbranched alkanes of at least 4 members (excludes halogenated alkanes) is 26. The van der Waals surface area contributed by atoms with E-state index in [4.69, 9.17) is 29.4 Å². The Hall–Kier alpha value is -1.81. The van der Waals surface area contributed by atoms with E-state index in [0.29, 0.717) is 13.0 Å². The topological polar surface area (TPSA) is 155 Å². The van der Waals surface area contributed by atoms with E-state index in [1.807, 2.05) is 0 Å². The molecular weight excluding hydrogens is 765 g/mol. The van der Waals surface area contributed by atoms with Crippen molar-refractivity contribution in [2.75, 3.05) is 26.4 Å². The summed E-state index contributed by atoms with van der Waals surface area (Å²) < 4.78 is 33.4. The number of allylic oxidation sites excluding steroid dienone is 6. The molecule has 0 bridgehead atoms. The van der Waals surface area contributed by atoms with Crippen molar-refractivity contribution >= 4 is 19.8 Å². The number of rotatable bonds is 46. The molecular formula is C48H90NO9P. The second-order valence-electron chi connectivity index (χ2n) is 16.2. The van der Waals surface area contributed by atoms with Crippen LogP contribution in [0.4, 0.5) is 0 Å². The van der Waals surface area contributed by atoms with Gasteiger partial charge in [0.25, 0.3) is 0 Å². The Morgan fingerprint density at radius 3 is 1.46 bits per heavy atom. The lowest BCUT2D eigenvalue weighted by Gasteiger charge is -2.20. The molecule has 0 heterocycles. The molecule has 0 aromatic carbocycles. The summed E-state index contributed by atoms with van der Waals surface area (Å²) in [6.45, 7) is 3.82. The third-order valence-electron chi connectivity index (χ3n) is 10.4. The zero-order valence-electron chi connectivity index (χ0n) is 37.9. The molecule has 11 heteroatoms. The summed E-state index contributed by atoms with van der Waals surface area (Å²) in [6.07, 6.45) is 50.6. The van der Waals surface area contributed by atoms with Crippen LogP contribution in [0.25, 0.3) is 0 Å². The van der Waals surface area contributed by atoms with Crippen molar-refractivity contribution in [3.8, 4) is 0 Å². The number of carboxylic acids is 1. The van der Waals surface area contributed by atoms with Gasteiger partial charge < -0.3 is 25.2 Å². The van der Waals surface area contributed by atoms with Gasteiger partial charge in [-0.3, -0.25) is 18.6 Å². The highest BCUT2D eigenvalue weighted by Gasteiger charge is 2.27. The molecule has 59 heavy (non-hydrogen) atoms. The van der Waals surface area contributed by atoms with Crippen molar-refractivity contribution in [3.05, 3.63) is 36.5 Å². The minimum absolute atomic E-state index is 0.0107. The van der Waals surface area contributed by atoms with Gasteiger partial charge in [0.1, 0.15) is 12.1 Å². The summed E-state index contributed by atoms with van der Waals surface area (Å²) in [7, 11) is -4.62. The van der Waals surface area contributed by atoms with E-state index in [1.54, 1.807) is 0 Å². The maximum atomic E-state index is 12.7. The largest absolute Gasteiger partial charge is 0.480 e. The van der Waals surface area contributed by atoms with Crippen LogP contribution in [0, 0.1) is 0 Å². The number of nitrogens with two attached hydrogens (primary N) is 1. The Labute approximate surface area is 361 Å². The number of aliphatic carboxylic acids is 1. The monoisotopic (exact) mass is 856 g/mol. The third kappa shape index (κ3) is 44.1. The van der Waals surface area contributed by atoms with Crippen molar-refractivity contribution in [2.45, 2.75) is 231 Å². The summed E-state index contributed by atoms with van der Waals surface area (Å²) in [4.78, 5) is 33.6. The molecule has 346 valence electrons. The molecule has 0 spiro atoms. The van der Waals surface area contributed by atoms with E-state index in [-0.39, 0.29) is 13.0 Å². The molecule has 0 aliphatic heterocycles. The second-order valence-corrected chi connectivity index (χ2v) is 17.7. The first-order valence-corrected chi connectivity index (χ1v) is 25.5. The van der Waals surface area contributed by atoms with E-state index >= 15 is 0 Å². The number of hydrogen-bond donors (Lipinski definition) is 3. The summed E-state index contributed by atoms with van der Waals surface area (Å²) >= 11 is 0. The van der Waals surface area contributed by atoms with Crippen LogP contribution in [0.1, 0.15) is 219 Å². The number of hydrogen-bond acceptors (Lipinski definition) is 8. The van der Waals surface area contributed by atoms with Crippen molar-refractivity contribution in [1.29, 1.82) is 0 Å². The predicted molar refractivity (Wildman–Crippen MR) is 245 cm³/mol. The highest BCUT2D eigenvalue weighted by molar-refractivity contribution is 7.47. The van der Waals surface area contributed by atoms with Crippen LogP contribution in [0.15, 0.2) is 36.5 Å². The number of phosphoric ester groups is 1. The lowest BCUT2D eigenvalue weighted by molar-refractivity contribution is -0.154. The zero-order valence-corrected chi connectivity index (χ0v) is 38.7. The van der Waals surface area contributed by atoms with Crippen molar-refractivity contribution < 1.29 is 42.7 Å². The molecule has 0 aliphatic carbocycles. The molecule has 0 saturated heterocycles. The molecule has 0 aliphatic rings. The van der Waals surface area contributed by atoms with E-state index in [2.05, 4.69) is 50.3 Å². The minimum Gasteiger partial charge on any atom is -0.480 e. The van der Waals surface area contributed by atoms with Crippen LogP contribution in [0.2, 0.25) is 0 Å². The molecule has 0 aromatic heterocycles. The Morgan fingerprint density at radius 1 is 0.542 bits per heavy atom. The Balaban J connectivity index is 4.13. The number of ether oxygens (including phenoxy) is 2. The Bertz CT molecular complexity index is 1080. The van der Waals surface area contributed by atoms with Gasteiger partial charge in [-0.05, 0) is 64.2 Å². The van der Waals surface area contributed by atoms with E-state index < -0.39 is 45.1 Å². The van der Waals surface area contributed by atoms with Crippen LogP contribution in [-0.4, -0.2) is 60.5 Å². The van der Waals surface area contributed by atoms with Gasteiger partial charge in [0, 0.05) is 13.0 Å². The normalized spacial score (nSPS) is 14.1. The smallest absolute Gasteiger partial charge is 0.472 e. The van der Waals surface area contributed by atoms with Gasteiger partial charge in [-0.2, -0.15) is 0 Å². The predicted octanol–water partition coefficient (Wildman–Crippen LogP) is 13.7. The molecule has 0 fully saturated rings. The second kappa shape index (κ2) is 44.3. The molecule has 3 unspecified atom stereocenters. The quantitative estimate of drug-likeness (QED) is 0.0233. The van der Waals surface area contributed by atoms with E-state index in [1.165, 1.54) is 135 Å². The number of esters is 1. The van der Waals surface area contributed by atoms with Gasteiger partial charge in [0.05, 0.1) is 19.8 Å². The number of phosphoric acid groups is 1. The average molecular weight is 856 g/mol. The van der Waals surface area contributed by atoms with E-state index in [9.17, 15) is 19.0 Å². The van der Waals surface area contributed by atoms with Gasteiger partial charge in [0.2, 0.25) is 0 Å². The number of carboxylic acid groups (broad SMARTS) is 1. The molecule has 10 nitrogen and oxygen atoms in total. The highest BCUT2D eigenvalue weighted by atomic mass is 31.2. The molecule has 0 saturated carbocycles. The van der Waals surface area contributed by atoms with E-state index in [0.717, 1.165) is 57.8 Å². The van der Waals surface area contributed by atoms with Crippen molar-refractivity contribution in [1.82, 2.24) is 0 Å². The SMILES string of the molecule is CCC/C=C\C/C=C\CCCCCCCCOCC(COP(=O)(O)OCC(N)C(=O)O)OC(=O)CCCCCCCCCCCCC/C=C\CCCCCCCCCC. The zero-order chi connectivity index (χ0) is 43.3. The third-order valence-corrected chi connectivity index (χ3v) is 11.3. The highest BCUT2D eigenvalue weighted by Crippen LogP contribution is 2.43. The molecule has 0 amide bonds. The van der Waals surface area contributed by atoms with Gasteiger partial charge in [-0.15, -0.1) is 0 Å². The summed E-state index contributed by atoms with van der Waals surface area (Å²) in [5, 5.41) is 8.91. The van der Waals surface area contributed by atoms with Gasteiger partial charge in [0.15, 0.2) is 0 Å². The van der Waals surface area contributed by atoms with Crippen molar-refractivity contribution in [3.63, 3.8) is 0 Å². The molecule has 4 N–H and O–H groups in total. The first-order valence-electron chi connectivity index (χ1n) is 24.0. The number of carbonyl (C=O) groups is 2. The number of carbonyl (C=O) groups excluding carboxylic acids is 1. The van der Waals surface area contributed by atoms with Crippen LogP contribution < -0.4 is 5.73 Å². The first-order chi connectivity index (χ1) is 28.7. The molecule has 0 aromatic rings. The fourth-order valence-electron chi connectivity index (χ4n) is 6.64. The standard InChI is InChI=1S/C48H90NO9P/c1-3-5-7-9-11-13-15-17-19-20-21-22-23-24-25-26-27-28-30-32-34-36-38-40-47(50)58-45(43-56-59(53,54)57-44-46(49)48(51)52)42-55-41-39-37-35-33-31-29-18-16-14-12-10-8-6-4-2/h8,10,14,16,20-21,45-46H,3-7,9,11-13,15,17-19,22-44,49H2,1-2H3,(H,51,52)(H,53,54)/b10-8-,16-14-,21-20-. The summed E-state index contributed by atoms with van der Waals surface area (Å²) in [6, 6.07) is -1.47. The summed E-state index contributed by atoms with van der Waals surface area (Å²) in [5.41, 5.74) is 5.36.